The molecule has 0 aromatic carbocycles. The van der Waals surface area contributed by atoms with Crippen molar-refractivity contribution in [2.75, 3.05) is 13.1 Å². The van der Waals surface area contributed by atoms with Crippen molar-refractivity contribution in [3.05, 3.63) is 0 Å². The Kier molecular flexibility index (Phi) is 2.98. The Morgan fingerprint density at radius 1 is 1.50 bits per heavy atom. The zero-order chi connectivity index (χ0) is 7.61. The maximum atomic E-state index is 3.44. The van der Waals surface area contributed by atoms with Gasteiger partial charge in [0.2, 0.25) is 0 Å². The molecule has 1 nitrogen and oxygen atoms in total. The second-order valence-corrected chi connectivity index (χ2v) is 6.39. The molecular weight excluding hydrogens is 237 g/mol. The molecule has 2 heteroatoms. The Morgan fingerprint density at radius 3 is 2.50 bits per heavy atom. The largest absolute Gasteiger partial charge is 0.316 e. The van der Waals surface area contributed by atoms with Crippen molar-refractivity contribution in [2.45, 2.75) is 30.1 Å². The monoisotopic (exact) mass is 253 g/mol. The van der Waals surface area contributed by atoms with Crippen LogP contribution in [-0.2, 0) is 0 Å². The fourth-order valence-corrected chi connectivity index (χ4v) is 1.97. The van der Waals surface area contributed by atoms with Crippen LogP contribution in [0.1, 0.15) is 26.7 Å². The number of piperidine rings is 1. The summed E-state index contributed by atoms with van der Waals surface area (Å²) in [4.78, 5) is 0. The number of rotatable bonds is 1. The summed E-state index contributed by atoms with van der Waals surface area (Å²) in [6, 6.07) is 0. The highest BCUT2D eigenvalue weighted by Gasteiger charge is 2.27. The molecule has 1 saturated heterocycles. The summed E-state index contributed by atoms with van der Waals surface area (Å²) in [5.41, 5.74) is 0. The lowest BCUT2D eigenvalue weighted by Gasteiger charge is -2.32. The molecule has 60 valence electrons. The number of hydrogen-bond acceptors (Lipinski definition) is 1. The first-order valence-electron chi connectivity index (χ1n) is 4.00. The lowest BCUT2D eigenvalue weighted by atomic mass is 9.89. The van der Waals surface area contributed by atoms with Gasteiger partial charge in [-0.15, -0.1) is 0 Å². The summed E-state index contributed by atoms with van der Waals surface area (Å²) in [5.74, 6) is 0.877. The van der Waals surface area contributed by atoms with Crippen molar-refractivity contribution in [1.29, 1.82) is 0 Å². The maximum Gasteiger partial charge on any atom is 0.0206 e. The van der Waals surface area contributed by atoms with Gasteiger partial charge in [-0.05, 0) is 31.8 Å². The van der Waals surface area contributed by atoms with Crippen LogP contribution < -0.4 is 5.32 Å². The standard InChI is InChI=1S/C8H16IN/c1-8(2,9)7-4-3-5-10-6-7/h7,10H,3-6H2,1-2H3/t7-/m1/s1. The Balaban J connectivity index is 2.39. The van der Waals surface area contributed by atoms with Crippen molar-refractivity contribution in [2.24, 2.45) is 5.92 Å². The fourth-order valence-electron chi connectivity index (χ4n) is 1.44. The van der Waals surface area contributed by atoms with Crippen LogP contribution >= 0.6 is 22.6 Å². The first-order chi connectivity index (χ1) is 4.61. The molecule has 0 amide bonds. The van der Waals surface area contributed by atoms with E-state index in [9.17, 15) is 0 Å². The van der Waals surface area contributed by atoms with Crippen LogP contribution in [0.3, 0.4) is 0 Å². The lowest BCUT2D eigenvalue weighted by molar-refractivity contribution is 0.332. The van der Waals surface area contributed by atoms with E-state index < -0.39 is 0 Å². The third kappa shape index (κ3) is 2.38. The molecule has 1 atom stereocenters. The van der Waals surface area contributed by atoms with Crippen molar-refractivity contribution in [3.63, 3.8) is 0 Å². The summed E-state index contributed by atoms with van der Waals surface area (Å²) < 4.78 is 0.477. The zero-order valence-corrected chi connectivity index (χ0v) is 8.94. The highest BCUT2D eigenvalue weighted by Crippen LogP contribution is 2.31. The van der Waals surface area contributed by atoms with E-state index in [0.29, 0.717) is 3.42 Å². The van der Waals surface area contributed by atoms with E-state index in [1.807, 2.05) is 0 Å². The van der Waals surface area contributed by atoms with Gasteiger partial charge < -0.3 is 5.32 Å². The molecule has 1 aliphatic heterocycles. The van der Waals surface area contributed by atoms with Gasteiger partial charge in [0.15, 0.2) is 0 Å². The molecule has 0 unspecified atom stereocenters. The first kappa shape index (κ1) is 8.78. The van der Waals surface area contributed by atoms with E-state index >= 15 is 0 Å². The predicted octanol–water partition coefficient (Wildman–Crippen LogP) is 2.20. The summed E-state index contributed by atoms with van der Waals surface area (Å²) in [6.45, 7) is 7.09. The van der Waals surface area contributed by atoms with E-state index in [4.69, 9.17) is 0 Å². The van der Waals surface area contributed by atoms with E-state index in [2.05, 4.69) is 41.8 Å². The third-order valence-corrected chi connectivity index (χ3v) is 3.15. The van der Waals surface area contributed by atoms with Crippen LogP contribution in [-0.4, -0.2) is 16.5 Å². The minimum Gasteiger partial charge on any atom is -0.316 e. The summed E-state index contributed by atoms with van der Waals surface area (Å²) in [5, 5.41) is 3.44. The Morgan fingerprint density at radius 2 is 2.20 bits per heavy atom. The smallest absolute Gasteiger partial charge is 0.0206 e. The number of alkyl halides is 1. The van der Waals surface area contributed by atoms with Gasteiger partial charge in [-0.25, -0.2) is 0 Å². The number of hydrogen-bond donors (Lipinski definition) is 1. The van der Waals surface area contributed by atoms with Gasteiger partial charge in [-0.2, -0.15) is 0 Å². The van der Waals surface area contributed by atoms with Gasteiger partial charge >= 0.3 is 0 Å². The Hall–Kier alpha value is 0.690. The molecule has 0 aromatic heterocycles. The molecule has 0 radical (unpaired) electrons. The molecule has 1 rings (SSSR count). The second-order valence-electron chi connectivity index (χ2n) is 3.61. The van der Waals surface area contributed by atoms with Gasteiger partial charge in [-0.1, -0.05) is 36.4 Å². The van der Waals surface area contributed by atoms with Crippen molar-refractivity contribution in [1.82, 2.24) is 5.32 Å². The summed E-state index contributed by atoms with van der Waals surface area (Å²) in [6.07, 6.45) is 2.76. The normalized spacial score (nSPS) is 28.5. The van der Waals surface area contributed by atoms with Crippen molar-refractivity contribution >= 4 is 22.6 Å². The fraction of sp³-hybridized carbons (Fsp3) is 1.00. The number of halogens is 1. The molecule has 10 heavy (non-hydrogen) atoms. The topological polar surface area (TPSA) is 12.0 Å². The minimum atomic E-state index is 0.477. The van der Waals surface area contributed by atoms with Crippen LogP contribution in [0.15, 0.2) is 0 Å². The molecule has 0 aliphatic carbocycles. The highest BCUT2D eigenvalue weighted by atomic mass is 127. The molecule has 1 aliphatic rings. The van der Waals surface area contributed by atoms with Gasteiger partial charge in [0.1, 0.15) is 0 Å². The lowest BCUT2D eigenvalue weighted by Crippen LogP contribution is -2.38. The van der Waals surface area contributed by atoms with E-state index in [1.54, 1.807) is 0 Å². The third-order valence-electron chi connectivity index (χ3n) is 2.27. The molecule has 1 fully saturated rings. The molecule has 0 aromatic rings. The maximum absolute atomic E-state index is 3.44. The van der Waals surface area contributed by atoms with Gasteiger partial charge in [0.05, 0.1) is 0 Å². The highest BCUT2D eigenvalue weighted by molar-refractivity contribution is 14.1. The molecule has 0 saturated carbocycles. The quantitative estimate of drug-likeness (QED) is 0.558. The van der Waals surface area contributed by atoms with Crippen molar-refractivity contribution < 1.29 is 0 Å². The summed E-state index contributed by atoms with van der Waals surface area (Å²) in [7, 11) is 0. The van der Waals surface area contributed by atoms with Gasteiger partial charge in [0, 0.05) is 3.42 Å². The Bertz CT molecular complexity index is 100. The molecular formula is C8H16IN. The van der Waals surface area contributed by atoms with Crippen molar-refractivity contribution in [3.8, 4) is 0 Å². The van der Waals surface area contributed by atoms with E-state index in [0.717, 1.165) is 5.92 Å². The van der Waals surface area contributed by atoms with Crippen LogP contribution in [0.5, 0.6) is 0 Å². The average molecular weight is 253 g/mol. The average Bonchev–Trinajstić information content (AvgIpc) is 1.88. The SMILES string of the molecule is CC(C)(I)[C@@H]1CCCNC1. The van der Waals surface area contributed by atoms with Crippen LogP contribution in [0, 0.1) is 5.92 Å². The second kappa shape index (κ2) is 3.39. The Labute approximate surface area is 77.1 Å². The first-order valence-corrected chi connectivity index (χ1v) is 5.08. The molecule has 0 spiro atoms. The van der Waals surface area contributed by atoms with Crippen LogP contribution in [0.25, 0.3) is 0 Å². The predicted molar refractivity (Wildman–Crippen MR) is 53.7 cm³/mol. The number of nitrogens with one attached hydrogen (secondary N) is 1. The summed E-state index contributed by atoms with van der Waals surface area (Å²) >= 11 is 2.56. The molecule has 1 N–H and O–H groups in total. The van der Waals surface area contributed by atoms with Crippen LogP contribution in [0.2, 0.25) is 0 Å². The molecule has 0 bridgehead atoms. The van der Waals surface area contributed by atoms with E-state index in [1.165, 1.54) is 25.9 Å². The molecule has 1 heterocycles. The minimum absolute atomic E-state index is 0.477. The zero-order valence-electron chi connectivity index (χ0n) is 6.78. The van der Waals surface area contributed by atoms with Gasteiger partial charge in [0.25, 0.3) is 0 Å². The van der Waals surface area contributed by atoms with Gasteiger partial charge in [-0.3, -0.25) is 0 Å². The van der Waals surface area contributed by atoms with Crippen LogP contribution in [0.4, 0.5) is 0 Å². The van der Waals surface area contributed by atoms with E-state index in [-0.39, 0.29) is 0 Å².